The molecule has 2 aromatic rings. The quantitative estimate of drug-likeness (QED) is 0.299. The maximum atomic E-state index is 10.7. The van der Waals surface area contributed by atoms with Crippen LogP contribution >= 0.6 is 34.4 Å². The van der Waals surface area contributed by atoms with Crippen molar-refractivity contribution in [3.63, 3.8) is 0 Å². The third-order valence-corrected chi connectivity index (χ3v) is 5.37. The minimum atomic E-state index is -1.58. The fraction of sp³-hybridized carbons (Fsp3) is 0.538. The van der Waals surface area contributed by atoms with Gasteiger partial charge in [0.1, 0.15) is 29.3 Å². The monoisotopic (exact) mass is 452 g/mol. The van der Waals surface area contributed by atoms with Gasteiger partial charge in [0.2, 0.25) is 0 Å². The molecule has 1 aliphatic rings. The van der Waals surface area contributed by atoms with E-state index in [1.165, 1.54) is 18.7 Å². The molecule has 126 valence electrons. The van der Waals surface area contributed by atoms with Crippen molar-refractivity contribution >= 4 is 51.2 Å². The Kier molecular flexibility index (Phi) is 4.48. The van der Waals surface area contributed by atoms with Crippen molar-refractivity contribution in [3.05, 3.63) is 9.77 Å². The maximum Gasteiger partial charge on any atom is 0.191 e. The Bertz CT molecular complexity index is 753. The highest BCUT2D eigenvalue weighted by Crippen LogP contribution is 2.41. The first kappa shape index (κ1) is 17.2. The SMILES string of the molecule is CSc1nc(N)c2c(I)cn(C3O[C@H](CO)[C@@H](O)[C@@]3(C)O)c2n1. The molecule has 0 spiro atoms. The number of aliphatic hydroxyl groups excluding tert-OH is 2. The molecule has 1 fully saturated rings. The number of halogens is 1. The van der Waals surface area contributed by atoms with Crippen molar-refractivity contribution in [2.75, 3.05) is 18.6 Å². The van der Waals surface area contributed by atoms with E-state index in [1.807, 2.05) is 6.26 Å². The summed E-state index contributed by atoms with van der Waals surface area (Å²) in [5.74, 6) is 0.347. The number of aliphatic hydroxyl groups is 3. The fourth-order valence-electron chi connectivity index (χ4n) is 2.77. The predicted octanol–water partition coefficient (Wildman–Crippen LogP) is 0.342. The lowest BCUT2D eigenvalue weighted by Gasteiger charge is -2.27. The second-order valence-electron chi connectivity index (χ2n) is 5.56. The topological polar surface area (TPSA) is 127 Å². The van der Waals surface area contributed by atoms with Gasteiger partial charge in [-0.2, -0.15) is 0 Å². The lowest BCUT2D eigenvalue weighted by atomic mass is 9.96. The first-order valence-electron chi connectivity index (χ1n) is 6.85. The van der Waals surface area contributed by atoms with Crippen LogP contribution in [0.4, 0.5) is 5.82 Å². The molecule has 0 bridgehead atoms. The number of nitrogens with zero attached hydrogens (tertiary/aromatic N) is 3. The highest BCUT2D eigenvalue weighted by atomic mass is 127. The summed E-state index contributed by atoms with van der Waals surface area (Å²) in [7, 11) is 0. The van der Waals surface area contributed by atoms with Gasteiger partial charge < -0.3 is 30.4 Å². The van der Waals surface area contributed by atoms with Gasteiger partial charge in [0, 0.05) is 9.77 Å². The van der Waals surface area contributed by atoms with Gasteiger partial charge in [0.05, 0.1) is 12.0 Å². The molecule has 10 heteroatoms. The number of thioether (sulfide) groups is 1. The second kappa shape index (κ2) is 6.01. The van der Waals surface area contributed by atoms with Crippen molar-refractivity contribution in [2.24, 2.45) is 0 Å². The van der Waals surface area contributed by atoms with Crippen molar-refractivity contribution in [2.45, 2.75) is 36.1 Å². The summed E-state index contributed by atoms with van der Waals surface area (Å²) >= 11 is 3.46. The van der Waals surface area contributed by atoms with E-state index in [0.29, 0.717) is 22.0 Å². The van der Waals surface area contributed by atoms with Crippen LogP contribution in [-0.2, 0) is 4.74 Å². The third kappa shape index (κ3) is 2.61. The average Bonchev–Trinajstić information content (AvgIpc) is 2.95. The molecule has 1 saturated heterocycles. The maximum absolute atomic E-state index is 10.7. The van der Waals surface area contributed by atoms with Gasteiger partial charge in [-0.3, -0.25) is 0 Å². The molecule has 23 heavy (non-hydrogen) atoms. The molecular formula is C13H17IN4O4S. The van der Waals surface area contributed by atoms with E-state index in [9.17, 15) is 15.3 Å². The van der Waals surface area contributed by atoms with E-state index < -0.39 is 30.6 Å². The molecule has 1 aliphatic heterocycles. The van der Waals surface area contributed by atoms with Gasteiger partial charge in [-0.15, -0.1) is 0 Å². The molecule has 0 amide bonds. The molecule has 3 heterocycles. The minimum Gasteiger partial charge on any atom is -0.394 e. The van der Waals surface area contributed by atoms with Crippen LogP contribution in [0.2, 0.25) is 0 Å². The lowest BCUT2D eigenvalue weighted by Crippen LogP contribution is -2.44. The molecule has 1 unspecified atom stereocenters. The molecule has 5 N–H and O–H groups in total. The van der Waals surface area contributed by atoms with E-state index in [4.69, 9.17) is 10.5 Å². The molecule has 3 rings (SSSR count). The normalized spacial score (nSPS) is 31.1. The number of rotatable bonds is 3. The zero-order chi connectivity index (χ0) is 16.9. The summed E-state index contributed by atoms with van der Waals surface area (Å²) in [5.41, 5.74) is 4.95. The first-order chi connectivity index (χ1) is 10.8. The zero-order valence-corrected chi connectivity index (χ0v) is 15.4. The molecule has 2 aromatic heterocycles. The zero-order valence-electron chi connectivity index (χ0n) is 12.5. The number of nitrogen functional groups attached to an aromatic ring is 1. The summed E-state index contributed by atoms with van der Waals surface area (Å²) in [6.45, 7) is 1.08. The van der Waals surface area contributed by atoms with Crippen LogP contribution in [0.3, 0.4) is 0 Å². The number of fused-ring (bicyclic) bond motifs is 1. The van der Waals surface area contributed by atoms with Crippen LogP contribution in [0.25, 0.3) is 11.0 Å². The smallest absolute Gasteiger partial charge is 0.191 e. The fourth-order valence-corrected chi connectivity index (χ4v) is 3.95. The number of nitrogens with two attached hydrogens (primary N) is 1. The van der Waals surface area contributed by atoms with Gasteiger partial charge in [-0.25, -0.2) is 9.97 Å². The van der Waals surface area contributed by atoms with Crippen molar-refractivity contribution in [1.82, 2.24) is 14.5 Å². The van der Waals surface area contributed by atoms with E-state index in [0.717, 1.165) is 3.57 Å². The van der Waals surface area contributed by atoms with E-state index in [1.54, 1.807) is 10.8 Å². The highest BCUT2D eigenvalue weighted by molar-refractivity contribution is 14.1. The van der Waals surface area contributed by atoms with Crippen molar-refractivity contribution in [1.29, 1.82) is 0 Å². The van der Waals surface area contributed by atoms with E-state index in [-0.39, 0.29) is 0 Å². The molecular weight excluding hydrogens is 435 g/mol. The van der Waals surface area contributed by atoms with E-state index >= 15 is 0 Å². The Balaban J connectivity index is 2.19. The van der Waals surface area contributed by atoms with Crippen LogP contribution in [0, 0.1) is 3.57 Å². The molecule has 0 aromatic carbocycles. The van der Waals surface area contributed by atoms with Gasteiger partial charge in [-0.1, -0.05) is 11.8 Å². The number of hydrogen-bond acceptors (Lipinski definition) is 8. The Morgan fingerprint density at radius 2 is 2.22 bits per heavy atom. The molecule has 0 radical (unpaired) electrons. The summed E-state index contributed by atoms with van der Waals surface area (Å²) < 4.78 is 8.10. The first-order valence-corrected chi connectivity index (χ1v) is 9.16. The van der Waals surface area contributed by atoms with Crippen LogP contribution in [0.1, 0.15) is 13.2 Å². The van der Waals surface area contributed by atoms with Crippen LogP contribution < -0.4 is 5.73 Å². The number of hydrogen-bond donors (Lipinski definition) is 4. The number of ether oxygens (including phenoxy) is 1. The van der Waals surface area contributed by atoms with Crippen LogP contribution in [0.15, 0.2) is 11.4 Å². The molecule has 0 aliphatic carbocycles. The molecule has 0 saturated carbocycles. The lowest BCUT2D eigenvalue weighted by molar-refractivity contribution is -0.0949. The van der Waals surface area contributed by atoms with Crippen molar-refractivity contribution < 1.29 is 20.1 Å². The summed E-state index contributed by atoms with van der Waals surface area (Å²) in [6.07, 6.45) is 0.597. The Morgan fingerprint density at radius 1 is 1.52 bits per heavy atom. The Labute approximate surface area is 150 Å². The van der Waals surface area contributed by atoms with Crippen LogP contribution in [0.5, 0.6) is 0 Å². The number of aromatic nitrogens is 3. The third-order valence-electron chi connectivity index (χ3n) is 4.00. The average molecular weight is 452 g/mol. The number of anilines is 1. The van der Waals surface area contributed by atoms with Gasteiger partial charge >= 0.3 is 0 Å². The molecule has 4 atom stereocenters. The second-order valence-corrected chi connectivity index (χ2v) is 7.49. The van der Waals surface area contributed by atoms with Crippen molar-refractivity contribution in [3.8, 4) is 0 Å². The van der Waals surface area contributed by atoms with Gasteiger partial charge in [0.15, 0.2) is 11.4 Å². The minimum absolute atomic E-state index is 0.347. The predicted molar refractivity (Wildman–Crippen MR) is 94.1 cm³/mol. The Morgan fingerprint density at radius 3 is 2.78 bits per heavy atom. The van der Waals surface area contributed by atoms with Gasteiger partial charge in [-0.05, 0) is 35.8 Å². The summed E-state index contributed by atoms with van der Waals surface area (Å²) in [6, 6.07) is 0. The van der Waals surface area contributed by atoms with E-state index in [2.05, 4.69) is 32.6 Å². The summed E-state index contributed by atoms with van der Waals surface area (Å²) in [5, 5.41) is 31.3. The largest absolute Gasteiger partial charge is 0.394 e. The van der Waals surface area contributed by atoms with Gasteiger partial charge in [0.25, 0.3) is 0 Å². The standard InChI is InChI=1S/C13H17IN4O4S/c1-13(21)8(20)6(4-19)22-11(13)18-3-5(14)7-9(15)16-12(23-2)17-10(7)18/h3,6,8,11,19-21H,4H2,1-2H3,(H2,15,16,17)/t6-,8-,11?,13-/m1/s1. The summed E-state index contributed by atoms with van der Waals surface area (Å²) in [4.78, 5) is 8.68. The van der Waals surface area contributed by atoms with Crippen LogP contribution in [-0.4, -0.2) is 60.5 Å². The highest BCUT2D eigenvalue weighted by Gasteiger charge is 2.53. The Hall–Kier alpha value is -0.660. The molecule has 8 nitrogen and oxygen atoms in total.